The molecule has 1 atom stereocenters. The Morgan fingerprint density at radius 2 is 1.29 bits per heavy atom. The van der Waals surface area contributed by atoms with E-state index in [2.05, 4.69) is 41.5 Å². The summed E-state index contributed by atoms with van der Waals surface area (Å²) in [6.07, 6.45) is -0.604. The van der Waals surface area contributed by atoms with E-state index in [1.165, 1.54) is 0 Å². The van der Waals surface area contributed by atoms with Crippen LogP contribution in [0.4, 0.5) is 0 Å². The molecule has 0 saturated carbocycles. The number of Topliss-reactive ketones (excluding diaryl/α,β-unsaturated/α-hetero) is 1. The average Bonchev–Trinajstić information content (AvgIpc) is 2.68. The van der Waals surface area contributed by atoms with E-state index in [0.29, 0.717) is 22.2 Å². The van der Waals surface area contributed by atoms with E-state index in [1.54, 1.807) is 7.11 Å². The summed E-state index contributed by atoms with van der Waals surface area (Å²) in [7, 11) is -0.598. The summed E-state index contributed by atoms with van der Waals surface area (Å²) in [6.45, 7) is 13.4. The summed E-state index contributed by atoms with van der Waals surface area (Å²) < 4.78 is 12.2. The van der Waals surface area contributed by atoms with Gasteiger partial charge in [-0.1, -0.05) is 84.0 Å². The van der Waals surface area contributed by atoms with Crippen LogP contribution in [0.15, 0.2) is 54.6 Å². The number of ether oxygens (including phenoxy) is 1. The molecule has 0 fully saturated rings. The molecule has 0 saturated heterocycles. The monoisotopic (exact) mass is 398 g/mol. The van der Waals surface area contributed by atoms with Crippen molar-refractivity contribution < 1.29 is 14.0 Å². The summed E-state index contributed by atoms with van der Waals surface area (Å²) in [6, 6.07) is 17.1. The van der Waals surface area contributed by atoms with Crippen LogP contribution in [0, 0.1) is 0 Å². The van der Waals surface area contributed by atoms with Crippen LogP contribution >= 0.6 is 0 Å². The standard InChI is InChI=1S/C24H34O3Si/c1-17(2)28(18(3)4,19(5)6)27-24(21-13-15-22(26-7)16-14-21)23(25)20-11-9-8-10-12-20/h8-19,24H,1-7H3. The van der Waals surface area contributed by atoms with Crippen molar-refractivity contribution in [1.29, 1.82) is 0 Å². The number of methoxy groups -OCH3 is 1. The minimum absolute atomic E-state index is 0.0181. The maximum Gasteiger partial charge on any atom is 0.201 e. The Kier molecular flexibility index (Phi) is 7.61. The first-order chi connectivity index (χ1) is 13.2. The molecule has 3 nitrogen and oxygen atoms in total. The highest BCUT2D eigenvalue weighted by Crippen LogP contribution is 2.45. The minimum Gasteiger partial charge on any atom is -0.497 e. The first-order valence-electron chi connectivity index (χ1n) is 10.1. The fraction of sp³-hybridized carbons (Fsp3) is 0.458. The number of hydrogen-bond acceptors (Lipinski definition) is 3. The van der Waals surface area contributed by atoms with Crippen molar-refractivity contribution in [3.63, 3.8) is 0 Å². The number of carbonyl (C=O) groups excluding carboxylic acids is 1. The van der Waals surface area contributed by atoms with Gasteiger partial charge in [0.25, 0.3) is 0 Å². The van der Waals surface area contributed by atoms with E-state index >= 15 is 0 Å². The Hall–Kier alpha value is -1.91. The highest BCUT2D eigenvalue weighted by Gasteiger charge is 2.48. The van der Waals surface area contributed by atoms with Crippen LogP contribution in [-0.2, 0) is 4.43 Å². The molecular weight excluding hydrogens is 364 g/mol. The van der Waals surface area contributed by atoms with Crippen LogP contribution in [0.1, 0.15) is 63.6 Å². The molecule has 0 bridgehead atoms. The van der Waals surface area contributed by atoms with Gasteiger partial charge in [0.1, 0.15) is 11.9 Å². The van der Waals surface area contributed by atoms with E-state index in [9.17, 15) is 4.79 Å². The summed E-state index contributed by atoms with van der Waals surface area (Å²) in [4.78, 5) is 13.5. The molecule has 0 aliphatic rings. The fourth-order valence-electron chi connectivity index (χ4n) is 4.42. The molecule has 2 aromatic carbocycles. The topological polar surface area (TPSA) is 35.5 Å². The normalized spacial score (nSPS) is 13.2. The maximum absolute atomic E-state index is 13.5. The zero-order chi connectivity index (χ0) is 20.9. The molecule has 0 aliphatic heterocycles. The fourth-order valence-corrected chi connectivity index (χ4v) is 9.89. The van der Waals surface area contributed by atoms with E-state index in [1.807, 2.05) is 54.6 Å². The first kappa shape index (κ1) is 22.4. The van der Waals surface area contributed by atoms with Crippen molar-refractivity contribution in [3.05, 3.63) is 65.7 Å². The molecule has 152 valence electrons. The van der Waals surface area contributed by atoms with Gasteiger partial charge in [0.2, 0.25) is 8.32 Å². The molecule has 0 heterocycles. The lowest BCUT2D eigenvalue weighted by Crippen LogP contribution is -2.49. The first-order valence-corrected chi connectivity index (χ1v) is 12.3. The third-order valence-corrected chi connectivity index (χ3v) is 11.8. The number of carbonyl (C=O) groups is 1. The highest BCUT2D eigenvalue weighted by atomic mass is 28.4. The Morgan fingerprint density at radius 1 is 0.786 bits per heavy atom. The van der Waals surface area contributed by atoms with Gasteiger partial charge in [-0.05, 0) is 34.3 Å². The number of hydrogen-bond donors (Lipinski definition) is 0. The SMILES string of the molecule is COc1ccc(C(O[Si](C(C)C)(C(C)C)C(C)C)C(=O)c2ccccc2)cc1. The molecule has 2 rings (SSSR count). The Balaban J connectivity index is 2.54. The van der Waals surface area contributed by atoms with E-state index < -0.39 is 14.4 Å². The van der Waals surface area contributed by atoms with Crippen LogP contribution in [0.5, 0.6) is 5.75 Å². The van der Waals surface area contributed by atoms with Gasteiger partial charge in [-0.15, -0.1) is 0 Å². The van der Waals surface area contributed by atoms with Crippen molar-refractivity contribution >= 4 is 14.1 Å². The summed E-state index contributed by atoms with van der Waals surface area (Å²) in [5, 5.41) is 0. The maximum atomic E-state index is 13.5. The molecule has 28 heavy (non-hydrogen) atoms. The predicted molar refractivity (Wildman–Crippen MR) is 119 cm³/mol. The predicted octanol–water partition coefficient (Wildman–Crippen LogP) is 6.81. The molecule has 0 aromatic heterocycles. The smallest absolute Gasteiger partial charge is 0.201 e. The Morgan fingerprint density at radius 3 is 1.71 bits per heavy atom. The summed E-state index contributed by atoms with van der Waals surface area (Å²) in [5.74, 6) is 0.791. The van der Waals surface area contributed by atoms with Crippen molar-refractivity contribution in [1.82, 2.24) is 0 Å². The third kappa shape index (κ3) is 4.56. The van der Waals surface area contributed by atoms with Gasteiger partial charge in [-0.3, -0.25) is 4.79 Å². The number of benzene rings is 2. The quantitative estimate of drug-likeness (QED) is 0.344. The highest BCUT2D eigenvalue weighted by molar-refractivity contribution is 6.77. The molecule has 4 heteroatoms. The lowest BCUT2D eigenvalue weighted by Gasteiger charge is -2.44. The molecular formula is C24H34O3Si. The van der Waals surface area contributed by atoms with Crippen molar-refractivity contribution in [2.45, 2.75) is 64.3 Å². The molecule has 2 aromatic rings. The molecule has 0 aliphatic carbocycles. The van der Waals surface area contributed by atoms with Gasteiger partial charge in [-0.25, -0.2) is 0 Å². The van der Waals surface area contributed by atoms with Gasteiger partial charge in [0.15, 0.2) is 5.78 Å². The number of rotatable bonds is 9. The molecule has 0 amide bonds. The van der Waals surface area contributed by atoms with Crippen molar-refractivity contribution in [2.75, 3.05) is 7.11 Å². The minimum atomic E-state index is -2.24. The van der Waals surface area contributed by atoms with Crippen molar-refractivity contribution in [3.8, 4) is 5.75 Å². The van der Waals surface area contributed by atoms with E-state index in [-0.39, 0.29) is 5.78 Å². The average molecular weight is 399 g/mol. The second-order valence-electron chi connectivity index (χ2n) is 8.32. The van der Waals surface area contributed by atoms with Crippen LogP contribution in [0.25, 0.3) is 0 Å². The van der Waals surface area contributed by atoms with E-state index in [4.69, 9.17) is 9.16 Å². The van der Waals surface area contributed by atoms with Gasteiger partial charge in [0.05, 0.1) is 7.11 Å². The lowest BCUT2D eigenvalue weighted by atomic mass is 10.00. The summed E-state index contributed by atoms with van der Waals surface area (Å²) in [5.41, 5.74) is 2.77. The molecule has 0 spiro atoms. The van der Waals surface area contributed by atoms with Crippen molar-refractivity contribution in [2.24, 2.45) is 0 Å². The lowest BCUT2D eigenvalue weighted by molar-refractivity contribution is 0.0758. The second kappa shape index (κ2) is 9.53. The zero-order valence-corrected chi connectivity index (χ0v) is 19.2. The Labute approximate surface area is 171 Å². The molecule has 1 unspecified atom stereocenters. The van der Waals surface area contributed by atoms with Gasteiger partial charge in [0, 0.05) is 5.56 Å². The summed E-state index contributed by atoms with van der Waals surface area (Å²) >= 11 is 0. The molecule has 0 N–H and O–H groups in total. The van der Waals surface area contributed by atoms with Gasteiger partial charge < -0.3 is 9.16 Å². The van der Waals surface area contributed by atoms with Gasteiger partial charge >= 0.3 is 0 Å². The van der Waals surface area contributed by atoms with Crippen LogP contribution in [0.2, 0.25) is 16.6 Å². The second-order valence-corrected chi connectivity index (χ2v) is 13.7. The van der Waals surface area contributed by atoms with Crippen LogP contribution < -0.4 is 4.74 Å². The third-order valence-electron chi connectivity index (χ3n) is 5.74. The van der Waals surface area contributed by atoms with Gasteiger partial charge in [-0.2, -0.15) is 0 Å². The van der Waals surface area contributed by atoms with Crippen LogP contribution in [-0.4, -0.2) is 21.2 Å². The zero-order valence-electron chi connectivity index (χ0n) is 18.2. The molecule has 0 radical (unpaired) electrons. The Bertz CT molecular complexity index is 729. The van der Waals surface area contributed by atoms with E-state index in [0.717, 1.165) is 11.3 Å². The number of ketones is 1. The largest absolute Gasteiger partial charge is 0.497 e. The van der Waals surface area contributed by atoms with Crippen LogP contribution in [0.3, 0.4) is 0 Å².